The Kier molecular flexibility index (Phi) is 2.76. The molecule has 0 saturated heterocycles. The summed E-state index contributed by atoms with van der Waals surface area (Å²) in [6.07, 6.45) is 9.10. The number of allylic oxidation sites excluding steroid dienone is 1. The first-order valence-corrected chi connectivity index (χ1v) is 7.02. The Hall–Kier alpha value is -0.790. The Bertz CT molecular complexity index is 306. The van der Waals surface area contributed by atoms with Gasteiger partial charge in [0.1, 0.15) is 0 Å². The first-order valence-electron chi connectivity index (χ1n) is 7.02. The Labute approximate surface area is 103 Å². The lowest BCUT2D eigenvalue weighted by molar-refractivity contribution is -0.151. The molecule has 4 saturated carbocycles. The molecule has 94 valence electrons. The number of carbonyl (C=O) groups is 1. The van der Waals surface area contributed by atoms with Crippen LogP contribution < -0.4 is 0 Å². The van der Waals surface area contributed by atoms with Crippen LogP contribution in [-0.2, 0) is 4.79 Å². The molecule has 2 heteroatoms. The molecule has 0 aromatic carbocycles. The first kappa shape index (κ1) is 11.3. The van der Waals surface area contributed by atoms with Gasteiger partial charge in [0.15, 0.2) is 0 Å². The SMILES string of the molecule is C=CCC(C(=O)O)C1C2CC3CC(C2)CC1C3. The molecule has 0 radical (unpaired) electrons. The van der Waals surface area contributed by atoms with Crippen molar-refractivity contribution < 1.29 is 9.90 Å². The van der Waals surface area contributed by atoms with Crippen LogP contribution in [0.25, 0.3) is 0 Å². The van der Waals surface area contributed by atoms with E-state index in [1.165, 1.54) is 32.1 Å². The monoisotopic (exact) mass is 234 g/mol. The van der Waals surface area contributed by atoms with Gasteiger partial charge in [-0.05, 0) is 68.1 Å². The van der Waals surface area contributed by atoms with E-state index >= 15 is 0 Å². The Balaban J connectivity index is 1.82. The smallest absolute Gasteiger partial charge is 0.307 e. The molecule has 2 nitrogen and oxygen atoms in total. The van der Waals surface area contributed by atoms with Crippen molar-refractivity contribution in [1.82, 2.24) is 0 Å². The van der Waals surface area contributed by atoms with Gasteiger partial charge in [-0.3, -0.25) is 4.79 Å². The fraction of sp³-hybridized carbons (Fsp3) is 0.800. The number of carboxylic acid groups (broad SMARTS) is 1. The Morgan fingerprint density at radius 2 is 1.71 bits per heavy atom. The third-order valence-corrected chi connectivity index (χ3v) is 5.50. The van der Waals surface area contributed by atoms with E-state index in [2.05, 4.69) is 6.58 Å². The molecule has 1 unspecified atom stereocenters. The molecule has 4 fully saturated rings. The van der Waals surface area contributed by atoms with Crippen molar-refractivity contribution in [3.63, 3.8) is 0 Å². The van der Waals surface area contributed by atoms with E-state index in [1.807, 2.05) is 0 Å². The normalized spacial score (nSPS) is 44.6. The highest BCUT2D eigenvalue weighted by Gasteiger charge is 2.51. The zero-order valence-electron chi connectivity index (χ0n) is 10.3. The molecule has 0 aromatic heterocycles. The molecule has 4 bridgehead atoms. The molecule has 1 atom stereocenters. The average Bonchev–Trinajstić information content (AvgIpc) is 2.26. The second-order valence-corrected chi connectivity index (χ2v) is 6.48. The Morgan fingerprint density at radius 3 is 2.12 bits per heavy atom. The molecule has 0 heterocycles. The number of carboxylic acids is 1. The minimum Gasteiger partial charge on any atom is -0.481 e. The van der Waals surface area contributed by atoms with Crippen molar-refractivity contribution in [3.05, 3.63) is 12.7 Å². The van der Waals surface area contributed by atoms with Gasteiger partial charge < -0.3 is 5.11 Å². The van der Waals surface area contributed by atoms with Gasteiger partial charge in [-0.25, -0.2) is 0 Å². The van der Waals surface area contributed by atoms with E-state index in [1.54, 1.807) is 6.08 Å². The third kappa shape index (κ3) is 1.82. The summed E-state index contributed by atoms with van der Waals surface area (Å²) in [4.78, 5) is 11.5. The maximum absolute atomic E-state index is 11.5. The quantitative estimate of drug-likeness (QED) is 0.757. The third-order valence-electron chi connectivity index (χ3n) is 5.50. The summed E-state index contributed by atoms with van der Waals surface area (Å²) in [5.74, 6) is 2.93. The second-order valence-electron chi connectivity index (χ2n) is 6.48. The summed E-state index contributed by atoms with van der Waals surface area (Å²) in [6, 6.07) is 0. The van der Waals surface area contributed by atoms with Crippen LogP contribution >= 0.6 is 0 Å². The molecule has 4 rings (SSSR count). The highest BCUT2D eigenvalue weighted by atomic mass is 16.4. The highest BCUT2D eigenvalue weighted by molar-refractivity contribution is 5.70. The fourth-order valence-corrected chi connectivity index (χ4v) is 5.23. The van der Waals surface area contributed by atoms with Gasteiger partial charge in [0.25, 0.3) is 0 Å². The Morgan fingerprint density at radius 1 is 1.18 bits per heavy atom. The van der Waals surface area contributed by atoms with E-state index < -0.39 is 5.97 Å². The number of rotatable bonds is 4. The topological polar surface area (TPSA) is 37.3 Å². The summed E-state index contributed by atoms with van der Waals surface area (Å²) in [5, 5.41) is 9.44. The van der Waals surface area contributed by atoms with Crippen molar-refractivity contribution in [3.8, 4) is 0 Å². The van der Waals surface area contributed by atoms with Gasteiger partial charge in [0.05, 0.1) is 5.92 Å². The van der Waals surface area contributed by atoms with Crippen molar-refractivity contribution in [2.45, 2.75) is 38.5 Å². The van der Waals surface area contributed by atoms with E-state index in [0.29, 0.717) is 24.2 Å². The number of hydrogen-bond acceptors (Lipinski definition) is 1. The largest absolute Gasteiger partial charge is 0.481 e. The lowest BCUT2D eigenvalue weighted by Crippen LogP contribution is -2.49. The predicted molar refractivity (Wildman–Crippen MR) is 66.5 cm³/mol. The maximum atomic E-state index is 11.5. The number of hydrogen-bond donors (Lipinski definition) is 1. The van der Waals surface area contributed by atoms with Crippen LogP contribution in [0.2, 0.25) is 0 Å². The minimum absolute atomic E-state index is 0.164. The fourth-order valence-electron chi connectivity index (χ4n) is 5.23. The molecule has 4 aliphatic rings. The number of aliphatic carboxylic acids is 1. The molecule has 0 amide bonds. The zero-order chi connectivity index (χ0) is 12.0. The van der Waals surface area contributed by atoms with E-state index in [-0.39, 0.29) is 5.92 Å². The van der Waals surface area contributed by atoms with Crippen molar-refractivity contribution in [2.24, 2.45) is 35.5 Å². The molecule has 17 heavy (non-hydrogen) atoms. The van der Waals surface area contributed by atoms with Crippen LogP contribution in [0.3, 0.4) is 0 Å². The highest BCUT2D eigenvalue weighted by Crippen LogP contribution is 2.58. The standard InChI is InChI=1S/C15H22O2/c1-2-3-13(15(16)17)14-11-5-9-4-10(7-11)8-12(14)6-9/h2,9-14H,1,3-8H2,(H,16,17). The van der Waals surface area contributed by atoms with Gasteiger partial charge in [0, 0.05) is 0 Å². The van der Waals surface area contributed by atoms with Gasteiger partial charge >= 0.3 is 5.97 Å². The van der Waals surface area contributed by atoms with E-state index in [4.69, 9.17) is 0 Å². The van der Waals surface area contributed by atoms with E-state index in [9.17, 15) is 9.90 Å². The van der Waals surface area contributed by atoms with E-state index in [0.717, 1.165) is 11.8 Å². The summed E-state index contributed by atoms with van der Waals surface area (Å²) < 4.78 is 0. The molecule has 0 aliphatic heterocycles. The molecule has 1 N–H and O–H groups in total. The molecular weight excluding hydrogens is 212 g/mol. The molecule has 4 aliphatic carbocycles. The lowest BCUT2D eigenvalue weighted by atomic mass is 9.49. The lowest BCUT2D eigenvalue weighted by Gasteiger charge is -2.55. The van der Waals surface area contributed by atoms with Gasteiger partial charge in [-0.1, -0.05) is 6.08 Å². The van der Waals surface area contributed by atoms with Gasteiger partial charge in [0.2, 0.25) is 0 Å². The van der Waals surface area contributed by atoms with Crippen molar-refractivity contribution in [1.29, 1.82) is 0 Å². The zero-order valence-corrected chi connectivity index (χ0v) is 10.3. The van der Waals surface area contributed by atoms with Crippen LogP contribution in [0.1, 0.15) is 38.5 Å². The maximum Gasteiger partial charge on any atom is 0.307 e. The van der Waals surface area contributed by atoms with Crippen LogP contribution in [0.5, 0.6) is 0 Å². The van der Waals surface area contributed by atoms with Crippen molar-refractivity contribution >= 4 is 5.97 Å². The average molecular weight is 234 g/mol. The summed E-state index contributed by atoms with van der Waals surface area (Å²) in [5.41, 5.74) is 0. The minimum atomic E-state index is -0.595. The summed E-state index contributed by atoms with van der Waals surface area (Å²) in [7, 11) is 0. The van der Waals surface area contributed by atoms with Gasteiger partial charge in [-0.15, -0.1) is 6.58 Å². The van der Waals surface area contributed by atoms with Crippen LogP contribution in [-0.4, -0.2) is 11.1 Å². The van der Waals surface area contributed by atoms with Gasteiger partial charge in [-0.2, -0.15) is 0 Å². The predicted octanol–water partition coefficient (Wildman–Crippen LogP) is 3.34. The summed E-state index contributed by atoms with van der Waals surface area (Å²) in [6.45, 7) is 3.73. The van der Waals surface area contributed by atoms with Crippen LogP contribution in [0, 0.1) is 35.5 Å². The van der Waals surface area contributed by atoms with Crippen molar-refractivity contribution in [2.75, 3.05) is 0 Å². The first-order chi connectivity index (χ1) is 8.19. The van der Waals surface area contributed by atoms with Crippen LogP contribution in [0.15, 0.2) is 12.7 Å². The van der Waals surface area contributed by atoms with Crippen LogP contribution in [0.4, 0.5) is 0 Å². The summed E-state index contributed by atoms with van der Waals surface area (Å²) >= 11 is 0. The molecular formula is C15H22O2. The molecule has 0 spiro atoms. The second kappa shape index (κ2) is 4.15. The molecule has 0 aromatic rings.